The Labute approximate surface area is 116 Å². The number of ether oxygens (including phenoxy) is 1. The first-order valence-electron chi connectivity index (χ1n) is 7.86. The van der Waals surface area contributed by atoms with Crippen molar-refractivity contribution in [2.24, 2.45) is 0 Å². The van der Waals surface area contributed by atoms with Crippen molar-refractivity contribution in [2.75, 3.05) is 19.7 Å². The fourth-order valence-corrected chi connectivity index (χ4v) is 3.07. The van der Waals surface area contributed by atoms with Gasteiger partial charge in [0.05, 0.1) is 18.2 Å². The van der Waals surface area contributed by atoms with Crippen LogP contribution in [0.5, 0.6) is 0 Å². The van der Waals surface area contributed by atoms with Gasteiger partial charge >= 0.3 is 0 Å². The highest BCUT2D eigenvalue weighted by Gasteiger charge is 2.33. The first-order chi connectivity index (χ1) is 9.21. The van der Waals surface area contributed by atoms with Crippen LogP contribution < -0.4 is 10.6 Å². The third-order valence-electron chi connectivity index (χ3n) is 4.41. The van der Waals surface area contributed by atoms with Crippen molar-refractivity contribution >= 4 is 5.91 Å². The zero-order valence-electron chi connectivity index (χ0n) is 12.2. The first-order valence-corrected chi connectivity index (χ1v) is 7.86. The van der Waals surface area contributed by atoms with Gasteiger partial charge in [0.25, 0.3) is 0 Å². The summed E-state index contributed by atoms with van der Waals surface area (Å²) in [4.78, 5) is 12.1. The summed E-state index contributed by atoms with van der Waals surface area (Å²) in [6.07, 6.45) is 9.97. The van der Waals surface area contributed by atoms with E-state index in [9.17, 15) is 4.79 Å². The van der Waals surface area contributed by atoms with Crippen LogP contribution in [0.1, 0.15) is 58.3 Å². The Kier molecular flexibility index (Phi) is 5.64. The second-order valence-corrected chi connectivity index (χ2v) is 6.10. The summed E-state index contributed by atoms with van der Waals surface area (Å²) < 4.78 is 5.82. The molecule has 19 heavy (non-hydrogen) atoms. The lowest BCUT2D eigenvalue weighted by atomic mass is 9.90. The Bertz CT molecular complexity index is 282. The largest absolute Gasteiger partial charge is 0.376 e. The normalized spacial score (nSPS) is 29.1. The zero-order valence-corrected chi connectivity index (χ0v) is 12.2. The molecule has 1 heterocycles. The number of amides is 1. The van der Waals surface area contributed by atoms with E-state index in [0.29, 0.717) is 19.3 Å². The lowest BCUT2D eigenvalue weighted by Crippen LogP contribution is -2.57. The number of rotatable bonds is 5. The number of carbonyl (C=O) groups excluding carboxylic acids is 1. The predicted molar refractivity (Wildman–Crippen MR) is 76.1 cm³/mol. The highest BCUT2D eigenvalue weighted by molar-refractivity contribution is 5.85. The predicted octanol–water partition coefficient (Wildman–Crippen LogP) is 1.98. The summed E-state index contributed by atoms with van der Waals surface area (Å²) in [5, 5.41) is 6.34. The van der Waals surface area contributed by atoms with Gasteiger partial charge < -0.3 is 15.4 Å². The second kappa shape index (κ2) is 7.25. The maximum atomic E-state index is 12.1. The average molecular weight is 268 g/mol. The molecule has 0 radical (unpaired) electrons. The highest BCUT2D eigenvalue weighted by Crippen LogP contribution is 2.20. The summed E-state index contributed by atoms with van der Waals surface area (Å²) in [5.74, 6) is 0.124. The molecular weight excluding hydrogens is 240 g/mol. The van der Waals surface area contributed by atoms with Gasteiger partial charge in [-0.1, -0.05) is 19.3 Å². The molecule has 4 nitrogen and oxygen atoms in total. The molecule has 110 valence electrons. The fraction of sp³-hybridized carbons (Fsp3) is 0.933. The number of piperidine rings is 1. The van der Waals surface area contributed by atoms with Crippen LogP contribution in [0, 0.1) is 0 Å². The molecule has 0 aromatic heterocycles. The van der Waals surface area contributed by atoms with Crippen LogP contribution in [0.2, 0.25) is 0 Å². The standard InChI is InChI=1S/C15H28N2O2/c1-15(9-5-6-10-17-15)14(18)16-11-12-19-13-7-3-2-4-8-13/h13,17H,2-12H2,1H3,(H,16,18). The van der Waals surface area contributed by atoms with Crippen LogP contribution in [0.3, 0.4) is 0 Å². The summed E-state index contributed by atoms with van der Waals surface area (Å²) in [6.45, 7) is 4.23. The average Bonchev–Trinajstić information content (AvgIpc) is 2.45. The third kappa shape index (κ3) is 4.46. The van der Waals surface area contributed by atoms with Gasteiger partial charge in [-0.25, -0.2) is 0 Å². The van der Waals surface area contributed by atoms with E-state index in [-0.39, 0.29) is 11.4 Å². The lowest BCUT2D eigenvalue weighted by molar-refractivity contribution is -0.128. The SMILES string of the molecule is CC1(C(=O)NCCOC2CCCCC2)CCCCN1. The van der Waals surface area contributed by atoms with Crippen LogP contribution in [0.15, 0.2) is 0 Å². The molecule has 0 spiro atoms. The fourth-order valence-electron chi connectivity index (χ4n) is 3.07. The molecule has 2 rings (SSSR count). The summed E-state index contributed by atoms with van der Waals surface area (Å²) in [7, 11) is 0. The molecule has 1 aliphatic heterocycles. The number of nitrogens with one attached hydrogen (secondary N) is 2. The van der Waals surface area contributed by atoms with Crippen molar-refractivity contribution in [3.05, 3.63) is 0 Å². The van der Waals surface area contributed by atoms with Gasteiger partial charge in [-0.3, -0.25) is 4.79 Å². The number of hydrogen-bond donors (Lipinski definition) is 2. The number of carbonyl (C=O) groups is 1. The number of hydrogen-bond acceptors (Lipinski definition) is 3. The van der Waals surface area contributed by atoms with E-state index in [2.05, 4.69) is 10.6 Å². The van der Waals surface area contributed by atoms with Gasteiger partial charge in [0, 0.05) is 6.54 Å². The molecule has 4 heteroatoms. The van der Waals surface area contributed by atoms with Crippen molar-refractivity contribution < 1.29 is 9.53 Å². The maximum Gasteiger partial charge on any atom is 0.240 e. The Hall–Kier alpha value is -0.610. The van der Waals surface area contributed by atoms with E-state index in [0.717, 1.165) is 19.4 Å². The summed E-state index contributed by atoms with van der Waals surface area (Å²) in [6, 6.07) is 0. The molecule has 1 atom stereocenters. The van der Waals surface area contributed by atoms with E-state index in [4.69, 9.17) is 4.74 Å². The lowest BCUT2D eigenvalue weighted by Gasteiger charge is -2.33. The van der Waals surface area contributed by atoms with E-state index < -0.39 is 0 Å². The Morgan fingerprint density at radius 1 is 1.26 bits per heavy atom. The van der Waals surface area contributed by atoms with Crippen molar-refractivity contribution in [3.63, 3.8) is 0 Å². The van der Waals surface area contributed by atoms with Gasteiger partial charge in [0.15, 0.2) is 0 Å². The van der Waals surface area contributed by atoms with Crippen molar-refractivity contribution in [2.45, 2.75) is 69.9 Å². The van der Waals surface area contributed by atoms with Crippen molar-refractivity contribution in [3.8, 4) is 0 Å². The second-order valence-electron chi connectivity index (χ2n) is 6.10. The van der Waals surface area contributed by atoms with Crippen LogP contribution in [-0.4, -0.2) is 37.2 Å². The minimum absolute atomic E-state index is 0.124. The van der Waals surface area contributed by atoms with Crippen LogP contribution >= 0.6 is 0 Å². The van der Waals surface area contributed by atoms with Gasteiger partial charge in [-0.2, -0.15) is 0 Å². The zero-order chi connectivity index (χ0) is 13.6. The molecule has 1 saturated carbocycles. The third-order valence-corrected chi connectivity index (χ3v) is 4.41. The van der Waals surface area contributed by atoms with E-state index in [1.165, 1.54) is 38.5 Å². The molecular formula is C15H28N2O2. The van der Waals surface area contributed by atoms with Gasteiger partial charge in [0.1, 0.15) is 0 Å². The van der Waals surface area contributed by atoms with Crippen molar-refractivity contribution in [1.82, 2.24) is 10.6 Å². The molecule has 1 saturated heterocycles. The molecule has 0 bridgehead atoms. The molecule has 1 aliphatic carbocycles. The first kappa shape index (κ1) is 14.8. The molecule has 1 amide bonds. The molecule has 2 N–H and O–H groups in total. The molecule has 0 aromatic rings. The molecule has 2 fully saturated rings. The molecule has 1 unspecified atom stereocenters. The van der Waals surface area contributed by atoms with E-state index in [1.807, 2.05) is 6.92 Å². The minimum Gasteiger partial charge on any atom is -0.376 e. The molecule has 2 aliphatic rings. The van der Waals surface area contributed by atoms with Gasteiger partial charge in [0.2, 0.25) is 5.91 Å². The topological polar surface area (TPSA) is 50.4 Å². The maximum absolute atomic E-state index is 12.1. The van der Waals surface area contributed by atoms with E-state index in [1.54, 1.807) is 0 Å². The quantitative estimate of drug-likeness (QED) is 0.750. The summed E-state index contributed by atoms with van der Waals surface area (Å²) >= 11 is 0. The van der Waals surface area contributed by atoms with Gasteiger partial charge in [-0.05, 0) is 45.6 Å². The van der Waals surface area contributed by atoms with Gasteiger partial charge in [-0.15, -0.1) is 0 Å². The Balaban J connectivity index is 1.60. The monoisotopic (exact) mass is 268 g/mol. The minimum atomic E-state index is -0.372. The summed E-state index contributed by atoms with van der Waals surface area (Å²) in [5.41, 5.74) is -0.372. The Morgan fingerprint density at radius 3 is 2.74 bits per heavy atom. The highest BCUT2D eigenvalue weighted by atomic mass is 16.5. The van der Waals surface area contributed by atoms with E-state index >= 15 is 0 Å². The molecule has 0 aromatic carbocycles. The van der Waals surface area contributed by atoms with Crippen molar-refractivity contribution in [1.29, 1.82) is 0 Å². The van der Waals surface area contributed by atoms with Crippen LogP contribution in [-0.2, 0) is 9.53 Å². The Morgan fingerprint density at radius 2 is 2.05 bits per heavy atom. The smallest absolute Gasteiger partial charge is 0.240 e. The van der Waals surface area contributed by atoms with Crippen LogP contribution in [0.25, 0.3) is 0 Å². The van der Waals surface area contributed by atoms with Crippen LogP contribution in [0.4, 0.5) is 0 Å².